The van der Waals surface area contributed by atoms with Gasteiger partial charge in [0.05, 0.1) is 0 Å². The summed E-state index contributed by atoms with van der Waals surface area (Å²) in [6.07, 6.45) is 19.6. The van der Waals surface area contributed by atoms with Crippen LogP contribution in [0.15, 0.2) is 0 Å². The number of hydrogen-bond donors (Lipinski definition) is 0. The molecular formula is C22H36O. The van der Waals surface area contributed by atoms with E-state index < -0.39 is 0 Å². The zero-order chi connectivity index (χ0) is 15.9. The largest absolute Gasteiger partial charge is 0.303 e. The molecule has 1 heteroatoms. The number of carbonyl (C=O) groups excluding carboxylic acids is 1. The second kappa shape index (κ2) is 6.52. The molecule has 130 valence electrons. The van der Waals surface area contributed by atoms with Crippen molar-refractivity contribution in [2.75, 3.05) is 0 Å². The fraction of sp³-hybridized carbons (Fsp3) is 0.955. The van der Waals surface area contributed by atoms with Crippen LogP contribution in [0.3, 0.4) is 0 Å². The average molecular weight is 317 g/mol. The maximum absolute atomic E-state index is 10.6. The molecule has 23 heavy (non-hydrogen) atoms. The Hall–Kier alpha value is -0.330. The second-order valence-electron chi connectivity index (χ2n) is 9.64. The van der Waals surface area contributed by atoms with Crippen molar-refractivity contribution >= 4 is 6.29 Å². The second-order valence-corrected chi connectivity index (χ2v) is 9.64. The van der Waals surface area contributed by atoms with Crippen molar-refractivity contribution in [1.82, 2.24) is 0 Å². The van der Waals surface area contributed by atoms with Gasteiger partial charge in [-0.05, 0) is 105 Å². The summed E-state index contributed by atoms with van der Waals surface area (Å²) >= 11 is 0. The molecule has 0 amide bonds. The molecule has 0 aliphatic heterocycles. The van der Waals surface area contributed by atoms with Crippen LogP contribution in [0.1, 0.15) is 90.4 Å². The monoisotopic (exact) mass is 316 g/mol. The highest BCUT2D eigenvalue weighted by Gasteiger charge is 2.55. The zero-order valence-corrected chi connectivity index (χ0v) is 15.1. The predicted octanol–water partition coefficient (Wildman–Crippen LogP) is 6.01. The van der Waals surface area contributed by atoms with E-state index in [-0.39, 0.29) is 0 Å². The van der Waals surface area contributed by atoms with Gasteiger partial charge in [0.2, 0.25) is 0 Å². The van der Waals surface area contributed by atoms with Crippen molar-refractivity contribution in [3.8, 4) is 0 Å². The van der Waals surface area contributed by atoms with E-state index in [9.17, 15) is 4.79 Å². The van der Waals surface area contributed by atoms with E-state index in [1.54, 1.807) is 6.42 Å². The van der Waals surface area contributed by atoms with Gasteiger partial charge < -0.3 is 4.79 Å². The number of carbonyl (C=O) groups is 1. The SMILES string of the molecule is CC12CCCCC1CCC1C3CCC(CCCC=O)C3CCC12. The van der Waals surface area contributed by atoms with Gasteiger partial charge in [-0.2, -0.15) is 0 Å². The molecule has 0 radical (unpaired) electrons. The van der Waals surface area contributed by atoms with Gasteiger partial charge in [-0.3, -0.25) is 0 Å². The van der Waals surface area contributed by atoms with E-state index >= 15 is 0 Å². The molecule has 0 spiro atoms. The summed E-state index contributed by atoms with van der Waals surface area (Å²) in [5, 5.41) is 0. The quantitative estimate of drug-likeness (QED) is 0.458. The lowest BCUT2D eigenvalue weighted by molar-refractivity contribution is -0.108. The van der Waals surface area contributed by atoms with Crippen LogP contribution >= 0.6 is 0 Å². The molecule has 4 saturated carbocycles. The van der Waals surface area contributed by atoms with E-state index in [1.165, 1.54) is 64.2 Å². The van der Waals surface area contributed by atoms with E-state index in [1.807, 2.05) is 0 Å². The molecule has 4 rings (SSSR count). The number of unbranched alkanes of at least 4 members (excludes halogenated alkanes) is 1. The Morgan fingerprint density at radius 1 is 0.913 bits per heavy atom. The van der Waals surface area contributed by atoms with Crippen molar-refractivity contribution in [2.24, 2.45) is 40.9 Å². The predicted molar refractivity (Wildman–Crippen MR) is 95.1 cm³/mol. The Labute approximate surface area is 143 Å². The minimum atomic E-state index is 0.696. The number of hydrogen-bond acceptors (Lipinski definition) is 1. The smallest absolute Gasteiger partial charge is 0.119 e. The molecule has 0 heterocycles. The van der Waals surface area contributed by atoms with Crippen molar-refractivity contribution in [3.05, 3.63) is 0 Å². The van der Waals surface area contributed by atoms with Crippen LogP contribution in [-0.4, -0.2) is 6.29 Å². The molecule has 4 fully saturated rings. The van der Waals surface area contributed by atoms with Crippen LogP contribution in [-0.2, 0) is 4.79 Å². The molecule has 0 N–H and O–H groups in total. The van der Waals surface area contributed by atoms with E-state index in [4.69, 9.17) is 0 Å². The van der Waals surface area contributed by atoms with Crippen LogP contribution in [0.25, 0.3) is 0 Å². The molecule has 7 unspecified atom stereocenters. The van der Waals surface area contributed by atoms with Crippen LogP contribution in [0.4, 0.5) is 0 Å². The molecular weight excluding hydrogens is 280 g/mol. The number of rotatable bonds is 4. The van der Waals surface area contributed by atoms with Gasteiger partial charge >= 0.3 is 0 Å². The molecule has 1 nitrogen and oxygen atoms in total. The van der Waals surface area contributed by atoms with Gasteiger partial charge in [0.1, 0.15) is 6.29 Å². The van der Waals surface area contributed by atoms with Crippen LogP contribution < -0.4 is 0 Å². The van der Waals surface area contributed by atoms with Crippen molar-refractivity contribution in [2.45, 2.75) is 90.4 Å². The summed E-state index contributed by atoms with van der Waals surface area (Å²) in [5.41, 5.74) is 0.696. The lowest BCUT2D eigenvalue weighted by atomic mass is 9.47. The lowest BCUT2D eigenvalue weighted by Gasteiger charge is -2.58. The molecule has 4 aliphatic carbocycles. The topological polar surface area (TPSA) is 17.1 Å². The van der Waals surface area contributed by atoms with Crippen molar-refractivity contribution < 1.29 is 4.79 Å². The molecule has 0 aromatic rings. The van der Waals surface area contributed by atoms with Gasteiger partial charge in [0, 0.05) is 6.42 Å². The molecule has 4 aliphatic rings. The average Bonchev–Trinajstić information content (AvgIpc) is 2.98. The zero-order valence-electron chi connectivity index (χ0n) is 15.1. The van der Waals surface area contributed by atoms with Gasteiger partial charge in [0.25, 0.3) is 0 Å². The first-order valence-corrected chi connectivity index (χ1v) is 10.7. The maximum atomic E-state index is 10.6. The Balaban J connectivity index is 1.46. The highest BCUT2D eigenvalue weighted by atomic mass is 16.1. The number of aldehydes is 1. The molecule has 0 saturated heterocycles. The third-order valence-corrected chi connectivity index (χ3v) is 8.95. The minimum absolute atomic E-state index is 0.696. The third kappa shape index (κ3) is 2.71. The van der Waals surface area contributed by atoms with Gasteiger partial charge in [-0.1, -0.05) is 19.8 Å². The van der Waals surface area contributed by atoms with Crippen LogP contribution in [0, 0.1) is 40.9 Å². The molecule has 0 bridgehead atoms. The Kier molecular flexibility index (Phi) is 4.58. The van der Waals surface area contributed by atoms with Crippen molar-refractivity contribution in [1.29, 1.82) is 0 Å². The van der Waals surface area contributed by atoms with E-state index in [2.05, 4.69) is 6.92 Å². The molecule has 0 aromatic heterocycles. The highest BCUT2D eigenvalue weighted by molar-refractivity contribution is 5.48. The fourth-order valence-electron chi connectivity index (χ4n) is 7.89. The minimum Gasteiger partial charge on any atom is -0.303 e. The molecule has 0 aromatic carbocycles. The first kappa shape index (κ1) is 16.2. The Morgan fingerprint density at radius 3 is 2.61 bits per heavy atom. The van der Waals surface area contributed by atoms with E-state index in [0.717, 1.165) is 54.6 Å². The molecule has 7 atom stereocenters. The summed E-state index contributed by atoms with van der Waals surface area (Å²) in [4.78, 5) is 10.6. The summed E-state index contributed by atoms with van der Waals surface area (Å²) in [5.74, 6) is 6.19. The fourth-order valence-corrected chi connectivity index (χ4v) is 7.89. The van der Waals surface area contributed by atoms with E-state index in [0.29, 0.717) is 5.41 Å². The Morgan fingerprint density at radius 2 is 1.74 bits per heavy atom. The van der Waals surface area contributed by atoms with Crippen LogP contribution in [0.5, 0.6) is 0 Å². The normalized spacial score (nSPS) is 49.1. The lowest BCUT2D eigenvalue weighted by Crippen LogP contribution is -2.50. The third-order valence-electron chi connectivity index (χ3n) is 8.95. The first-order chi connectivity index (χ1) is 11.2. The van der Waals surface area contributed by atoms with Gasteiger partial charge in [-0.25, -0.2) is 0 Å². The van der Waals surface area contributed by atoms with Crippen LogP contribution in [0.2, 0.25) is 0 Å². The highest BCUT2D eigenvalue weighted by Crippen LogP contribution is 2.64. The summed E-state index contributed by atoms with van der Waals surface area (Å²) in [6, 6.07) is 0. The standard InChI is InChI=1S/C22H36O/c1-22-14-4-2-7-17(22)9-11-20-19-10-8-16(6-3-5-15-23)18(19)12-13-21(20)22/h15-21H,2-14H2,1H3. The van der Waals surface area contributed by atoms with Crippen molar-refractivity contribution in [3.63, 3.8) is 0 Å². The summed E-state index contributed by atoms with van der Waals surface area (Å²) < 4.78 is 0. The Bertz CT molecular complexity index is 430. The van der Waals surface area contributed by atoms with Gasteiger partial charge in [0.15, 0.2) is 0 Å². The number of fused-ring (bicyclic) bond motifs is 5. The summed E-state index contributed by atoms with van der Waals surface area (Å²) in [7, 11) is 0. The summed E-state index contributed by atoms with van der Waals surface area (Å²) in [6.45, 7) is 2.69. The first-order valence-electron chi connectivity index (χ1n) is 10.7. The maximum Gasteiger partial charge on any atom is 0.119 e. The van der Waals surface area contributed by atoms with Gasteiger partial charge in [-0.15, -0.1) is 0 Å².